The van der Waals surface area contributed by atoms with Gasteiger partial charge in [-0.05, 0) is 52.0 Å². The molecule has 1 saturated heterocycles. The highest BCUT2D eigenvalue weighted by Crippen LogP contribution is 2.15. The van der Waals surface area contributed by atoms with Gasteiger partial charge in [-0.15, -0.1) is 24.0 Å². The molecule has 1 fully saturated rings. The first-order valence-corrected chi connectivity index (χ1v) is 11.2. The Morgan fingerprint density at radius 2 is 1.87 bits per heavy atom. The molecule has 2 heterocycles. The third-order valence-electron chi connectivity index (χ3n) is 5.66. The molecule has 0 bridgehead atoms. The first kappa shape index (κ1) is 27.2. The molecule has 2 atom stereocenters. The zero-order valence-corrected chi connectivity index (χ0v) is 22.3. The van der Waals surface area contributed by atoms with Gasteiger partial charge >= 0.3 is 0 Å². The molecule has 1 aliphatic heterocycles. The average molecular weight is 535 g/mol. The number of ether oxygens (including phenoxy) is 1. The first-order valence-electron chi connectivity index (χ1n) is 11.2. The van der Waals surface area contributed by atoms with Crippen LogP contribution >= 0.6 is 24.0 Å². The summed E-state index contributed by atoms with van der Waals surface area (Å²) in [5, 5.41) is 11.6. The molecule has 174 valence electrons. The molecule has 2 unspecified atom stereocenters. The maximum absolute atomic E-state index is 5.54. The van der Waals surface area contributed by atoms with Gasteiger partial charge in [0.15, 0.2) is 5.96 Å². The summed E-state index contributed by atoms with van der Waals surface area (Å²) in [6.07, 6.45) is 2.10. The lowest BCUT2D eigenvalue weighted by molar-refractivity contribution is 0.0143. The Morgan fingerprint density at radius 3 is 2.40 bits per heavy atom. The third kappa shape index (κ3) is 8.34. The zero-order chi connectivity index (χ0) is 21.4. The van der Waals surface area contributed by atoms with E-state index >= 15 is 0 Å². The first-order chi connectivity index (χ1) is 13.8. The summed E-state index contributed by atoms with van der Waals surface area (Å²) in [4.78, 5) is 7.51. The molecule has 2 N–H and O–H groups in total. The number of halogens is 1. The van der Waals surface area contributed by atoms with E-state index in [1.807, 2.05) is 11.7 Å². The van der Waals surface area contributed by atoms with Gasteiger partial charge in [-0.1, -0.05) is 13.8 Å². The van der Waals surface area contributed by atoms with E-state index in [4.69, 9.17) is 9.73 Å². The lowest BCUT2D eigenvalue weighted by atomic mass is 10.0. The van der Waals surface area contributed by atoms with Crippen LogP contribution in [0.2, 0.25) is 0 Å². The summed E-state index contributed by atoms with van der Waals surface area (Å²) in [5.41, 5.74) is 3.68. The summed E-state index contributed by atoms with van der Waals surface area (Å²) >= 11 is 0. The van der Waals surface area contributed by atoms with Gasteiger partial charge in [0.05, 0.1) is 25.5 Å². The molecule has 0 aromatic carbocycles. The van der Waals surface area contributed by atoms with Gasteiger partial charge in [0, 0.05) is 44.5 Å². The average Bonchev–Trinajstić information content (AvgIpc) is 2.91. The molecule has 0 aliphatic carbocycles. The van der Waals surface area contributed by atoms with Crippen molar-refractivity contribution < 1.29 is 4.74 Å². The van der Waals surface area contributed by atoms with Crippen LogP contribution in [0.1, 0.15) is 51.1 Å². The molecule has 30 heavy (non-hydrogen) atoms. The predicted octanol–water partition coefficient (Wildman–Crippen LogP) is 2.89. The number of aromatic nitrogens is 2. The normalized spacial score (nSPS) is 17.5. The Bertz CT molecular complexity index is 654. The molecule has 8 heteroatoms. The van der Waals surface area contributed by atoms with Crippen LogP contribution in [0.5, 0.6) is 0 Å². The van der Waals surface area contributed by atoms with Gasteiger partial charge in [0.25, 0.3) is 0 Å². The summed E-state index contributed by atoms with van der Waals surface area (Å²) in [6.45, 7) is 18.5. The lowest BCUT2D eigenvalue weighted by Crippen LogP contribution is -2.47. The van der Waals surface area contributed by atoms with Crippen molar-refractivity contribution >= 4 is 29.9 Å². The van der Waals surface area contributed by atoms with Crippen LogP contribution in [0.3, 0.4) is 0 Å². The van der Waals surface area contributed by atoms with E-state index in [0.29, 0.717) is 12.0 Å². The maximum atomic E-state index is 5.54. The van der Waals surface area contributed by atoms with Crippen LogP contribution < -0.4 is 10.6 Å². The predicted molar refractivity (Wildman–Crippen MR) is 136 cm³/mol. The van der Waals surface area contributed by atoms with E-state index in [1.54, 1.807) is 0 Å². The number of aryl methyl sites for hydroxylation is 2. The van der Waals surface area contributed by atoms with Crippen LogP contribution in [0, 0.1) is 19.8 Å². The monoisotopic (exact) mass is 534 g/mol. The van der Waals surface area contributed by atoms with Crippen molar-refractivity contribution in [1.82, 2.24) is 25.3 Å². The molecule has 0 saturated carbocycles. The molecule has 2 rings (SSSR count). The number of nitrogens with one attached hydrogen (secondary N) is 2. The smallest absolute Gasteiger partial charge is 0.191 e. The van der Waals surface area contributed by atoms with E-state index in [-0.39, 0.29) is 30.0 Å². The summed E-state index contributed by atoms with van der Waals surface area (Å²) in [7, 11) is 2.01. The SMILES string of the molecule is CCNC(=NCC(CC(C)C)N1CCOCC1)NC(C)Cc1c(C)nn(C)c1C.I. The highest BCUT2D eigenvalue weighted by molar-refractivity contribution is 14.0. The van der Waals surface area contributed by atoms with Crippen LogP contribution in [0.25, 0.3) is 0 Å². The number of morpholine rings is 1. The lowest BCUT2D eigenvalue weighted by Gasteiger charge is -2.34. The third-order valence-corrected chi connectivity index (χ3v) is 5.66. The van der Waals surface area contributed by atoms with E-state index in [1.165, 1.54) is 11.3 Å². The number of rotatable bonds is 9. The Labute approximate surface area is 200 Å². The van der Waals surface area contributed by atoms with E-state index < -0.39 is 0 Å². The highest BCUT2D eigenvalue weighted by atomic mass is 127. The van der Waals surface area contributed by atoms with E-state index in [9.17, 15) is 0 Å². The van der Waals surface area contributed by atoms with Crippen molar-refractivity contribution in [2.45, 2.75) is 66.5 Å². The minimum absolute atomic E-state index is 0. The van der Waals surface area contributed by atoms with Gasteiger partial charge in [0.2, 0.25) is 0 Å². The zero-order valence-electron chi connectivity index (χ0n) is 20.0. The molecule has 7 nitrogen and oxygen atoms in total. The fourth-order valence-corrected chi connectivity index (χ4v) is 4.05. The van der Waals surface area contributed by atoms with Crippen molar-refractivity contribution in [3.63, 3.8) is 0 Å². The van der Waals surface area contributed by atoms with Gasteiger partial charge in [0.1, 0.15) is 0 Å². The Hall–Kier alpha value is -0.870. The standard InChI is InChI=1S/C22H42N6O.HI/c1-8-23-22(25-17(4)14-21-18(5)26-27(7)19(21)6)24-15-20(13-16(2)3)28-9-11-29-12-10-28;/h16-17,20H,8-15H2,1-7H3,(H2,23,24,25);1H. The Kier molecular flexibility index (Phi) is 12.2. The van der Waals surface area contributed by atoms with Crippen LogP contribution in [0.15, 0.2) is 4.99 Å². The fraction of sp³-hybridized carbons (Fsp3) is 0.818. The second kappa shape index (κ2) is 13.5. The molecule has 1 aromatic rings. The van der Waals surface area contributed by atoms with E-state index in [0.717, 1.165) is 63.9 Å². The molecule has 0 spiro atoms. The number of nitrogens with zero attached hydrogens (tertiary/aromatic N) is 4. The Balaban J connectivity index is 0.00000450. The summed E-state index contributed by atoms with van der Waals surface area (Å²) in [6, 6.07) is 0.744. The number of hydrogen-bond donors (Lipinski definition) is 2. The summed E-state index contributed by atoms with van der Waals surface area (Å²) in [5.74, 6) is 1.56. The van der Waals surface area contributed by atoms with Gasteiger partial charge in [-0.2, -0.15) is 5.10 Å². The van der Waals surface area contributed by atoms with Gasteiger partial charge < -0.3 is 15.4 Å². The summed E-state index contributed by atoms with van der Waals surface area (Å²) < 4.78 is 7.51. The van der Waals surface area contributed by atoms with Crippen molar-refractivity contribution in [2.24, 2.45) is 18.0 Å². The van der Waals surface area contributed by atoms with Crippen molar-refractivity contribution in [1.29, 1.82) is 0 Å². The largest absolute Gasteiger partial charge is 0.379 e. The number of aliphatic imine (C=N–C) groups is 1. The fourth-order valence-electron chi connectivity index (χ4n) is 4.05. The van der Waals surface area contributed by atoms with Crippen molar-refractivity contribution in [2.75, 3.05) is 39.4 Å². The van der Waals surface area contributed by atoms with Gasteiger partial charge in [-0.3, -0.25) is 14.6 Å². The van der Waals surface area contributed by atoms with E-state index in [2.05, 4.69) is 62.2 Å². The van der Waals surface area contributed by atoms with Crippen molar-refractivity contribution in [3.05, 3.63) is 17.0 Å². The minimum atomic E-state index is 0. The molecule has 1 aromatic heterocycles. The number of hydrogen-bond acceptors (Lipinski definition) is 4. The number of guanidine groups is 1. The van der Waals surface area contributed by atoms with Crippen LogP contribution in [-0.2, 0) is 18.2 Å². The van der Waals surface area contributed by atoms with Crippen molar-refractivity contribution in [3.8, 4) is 0 Å². The highest BCUT2D eigenvalue weighted by Gasteiger charge is 2.22. The quantitative estimate of drug-likeness (QED) is 0.290. The molecule has 1 aliphatic rings. The second-order valence-electron chi connectivity index (χ2n) is 8.67. The van der Waals surface area contributed by atoms with Gasteiger partial charge in [-0.25, -0.2) is 0 Å². The molecule has 0 radical (unpaired) electrons. The second-order valence-corrected chi connectivity index (χ2v) is 8.67. The van der Waals surface area contributed by atoms with Crippen LogP contribution in [-0.4, -0.2) is 72.1 Å². The molecule has 0 amide bonds. The van der Waals surface area contributed by atoms with Crippen LogP contribution in [0.4, 0.5) is 0 Å². The maximum Gasteiger partial charge on any atom is 0.191 e. The topological polar surface area (TPSA) is 66.7 Å². The Morgan fingerprint density at radius 1 is 1.20 bits per heavy atom. The molecular weight excluding hydrogens is 491 g/mol. The minimum Gasteiger partial charge on any atom is -0.379 e. The molecular formula is C22H43IN6O.